The van der Waals surface area contributed by atoms with Crippen LogP contribution in [0.1, 0.15) is 45.3 Å². The van der Waals surface area contributed by atoms with Crippen LogP contribution in [0.2, 0.25) is 0 Å². The molecule has 1 aliphatic rings. The van der Waals surface area contributed by atoms with Crippen LogP contribution in [0.4, 0.5) is 0 Å². The highest BCUT2D eigenvalue weighted by atomic mass is 16.3. The zero-order valence-corrected chi connectivity index (χ0v) is 15.9. The van der Waals surface area contributed by atoms with Crippen LogP contribution in [0.15, 0.2) is 41.5 Å². The van der Waals surface area contributed by atoms with Crippen molar-refractivity contribution in [3.8, 4) is 0 Å². The SMILES string of the molecule is CCC(CC)CN1CCC(C(=O)NCc2ccco2)(n2ccnc2)CC1. The zero-order chi connectivity index (χ0) is 18.4. The molecule has 0 spiro atoms. The predicted molar refractivity (Wildman–Crippen MR) is 101 cm³/mol. The maximum absolute atomic E-state index is 13.1. The van der Waals surface area contributed by atoms with Gasteiger partial charge in [0.1, 0.15) is 11.3 Å². The minimum atomic E-state index is -0.562. The molecular weight excluding hydrogens is 328 g/mol. The van der Waals surface area contributed by atoms with E-state index in [0.717, 1.165) is 44.2 Å². The van der Waals surface area contributed by atoms with Gasteiger partial charge in [0, 0.05) is 32.0 Å². The number of imidazole rings is 1. The molecule has 0 radical (unpaired) electrons. The Morgan fingerprint density at radius 2 is 2.12 bits per heavy atom. The van der Waals surface area contributed by atoms with Crippen molar-refractivity contribution < 1.29 is 9.21 Å². The molecule has 1 saturated heterocycles. The average molecular weight is 358 g/mol. The number of carbonyl (C=O) groups excluding carboxylic acids is 1. The number of likely N-dealkylation sites (tertiary alicyclic amines) is 1. The number of nitrogens with one attached hydrogen (secondary N) is 1. The quantitative estimate of drug-likeness (QED) is 0.788. The third kappa shape index (κ3) is 4.01. The Labute approximate surface area is 155 Å². The van der Waals surface area contributed by atoms with E-state index < -0.39 is 5.54 Å². The molecule has 0 unspecified atom stereocenters. The van der Waals surface area contributed by atoms with Crippen molar-refractivity contribution in [1.82, 2.24) is 19.8 Å². The summed E-state index contributed by atoms with van der Waals surface area (Å²) in [6.07, 6.45) is 11.1. The van der Waals surface area contributed by atoms with Gasteiger partial charge in [0.2, 0.25) is 5.91 Å². The highest BCUT2D eigenvalue weighted by Crippen LogP contribution is 2.31. The molecule has 1 N–H and O–H groups in total. The first-order valence-corrected chi connectivity index (χ1v) is 9.69. The predicted octanol–water partition coefficient (Wildman–Crippen LogP) is 3.02. The van der Waals surface area contributed by atoms with Crippen LogP contribution < -0.4 is 5.32 Å². The first kappa shape index (κ1) is 18.7. The fourth-order valence-corrected chi connectivity index (χ4v) is 3.88. The Hall–Kier alpha value is -2.08. The van der Waals surface area contributed by atoms with Gasteiger partial charge in [-0.2, -0.15) is 0 Å². The van der Waals surface area contributed by atoms with Crippen molar-refractivity contribution in [2.45, 2.75) is 51.6 Å². The Morgan fingerprint density at radius 3 is 2.69 bits per heavy atom. The van der Waals surface area contributed by atoms with E-state index in [4.69, 9.17) is 4.42 Å². The van der Waals surface area contributed by atoms with Crippen LogP contribution in [-0.4, -0.2) is 40.0 Å². The number of hydrogen-bond acceptors (Lipinski definition) is 4. The van der Waals surface area contributed by atoms with E-state index in [9.17, 15) is 4.79 Å². The fourth-order valence-electron chi connectivity index (χ4n) is 3.88. The van der Waals surface area contributed by atoms with Crippen molar-refractivity contribution in [2.24, 2.45) is 5.92 Å². The Balaban J connectivity index is 1.68. The minimum absolute atomic E-state index is 0.0501. The van der Waals surface area contributed by atoms with Crippen LogP contribution >= 0.6 is 0 Å². The van der Waals surface area contributed by atoms with E-state index in [-0.39, 0.29) is 5.91 Å². The molecule has 0 bridgehead atoms. The fraction of sp³-hybridized carbons (Fsp3) is 0.600. The number of hydrogen-bond donors (Lipinski definition) is 1. The monoisotopic (exact) mass is 358 g/mol. The standard InChI is InChI=1S/C20H30N4O2/c1-3-17(4-2)15-23-10-7-20(8-11-23,24-12-9-21-16-24)19(25)22-14-18-6-5-13-26-18/h5-6,9,12-13,16-17H,3-4,7-8,10-11,14-15H2,1-2H3,(H,22,25). The van der Waals surface area contributed by atoms with E-state index >= 15 is 0 Å². The summed E-state index contributed by atoms with van der Waals surface area (Å²) in [5.74, 6) is 1.56. The number of carbonyl (C=O) groups is 1. The minimum Gasteiger partial charge on any atom is -0.467 e. The highest BCUT2D eigenvalue weighted by molar-refractivity contribution is 5.84. The summed E-state index contributed by atoms with van der Waals surface area (Å²) in [5, 5.41) is 3.06. The number of aromatic nitrogens is 2. The van der Waals surface area contributed by atoms with Gasteiger partial charge in [-0.15, -0.1) is 0 Å². The normalized spacial score (nSPS) is 17.5. The van der Waals surface area contributed by atoms with Crippen LogP contribution in [0.5, 0.6) is 0 Å². The summed E-state index contributed by atoms with van der Waals surface area (Å²) in [6, 6.07) is 3.71. The summed E-state index contributed by atoms with van der Waals surface area (Å²) >= 11 is 0. The molecule has 0 aromatic carbocycles. The molecule has 3 heterocycles. The van der Waals surface area contributed by atoms with Gasteiger partial charge in [-0.3, -0.25) is 4.79 Å². The molecule has 1 amide bonds. The second kappa shape index (κ2) is 8.54. The molecule has 3 rings (SSSR count). The molecule has 6 heteroatoms. The number of furan rings is 1. The molecule has 2 aromatic rings. The first-order valence-electron chi connectivity index (χ1n) is 9.69. The molecule has 0 saturated carbocycles. The van der Waals surface area contributed by atoms with Crippen LogP contribution in [0.3, 0.4) is 0 Å². The van der Waals surface area contributed by atoms with Crippen molar-refractivity contribution >= 4 is 5.91 Å². The van der Waals surface area contributed by atoms with Gasteiger partial charge in [0.15, 0.2) is 0 Å². The summed E-state index contributed by atoms with van der Waals surface area (Å²) in [4.78, 5) is 19.8. The summed E-state index contributed by atoms with van der Waals surface area (Å²) in [6.45, 7) is 7.93. The lowest BCUT2D eigenvalue weighted by molar-refractivity contribution is -0.133. The highest BCUT2D eigenvalue weighted by Gasteiger charge is 2.42. The smallest absolute Gasteiger partial charge is 0.246 e. The third-order valence-electron chi connectivity index (χ3n) is 5.78. The van der Waals surface area contributed by atoms with Crippen LogP contribution in [-0.2, 0) is 16.9 Å². The second-order valence-corrected chi connectivity index (χ2v) is 7.25. The molecule has 142 valence electrons. The number of nitrogens with zero attached hydrogens (tertiary/aromatic N) is 3. The van der Waals surface area contributed by atoms with Crippen molar-refractivity contribution in [2.75, 3.05) is 19.6 Å². The summed E-state index contributed by atoms with van der Waals surface area (Å²) < 4.78 is 7.32. The van der Waals surface area contributed by atoms with Crippen molar-refractivity contribution in [1.29, 1.82) is 0 Å². The van der Waals surface area contributed by atoms with E-state index in [2.05, 4.69) is 29.0 Å². The van der Waals surface area contributed by atoms with Crippen LogP contribution in [0, 0.1) is 5.92 Å². The lowest BCUT2D eigenvalue weighted by Crippen LogP contribution is -2.55. The average Bonchev–Trinajstić information content (AvgIpc) is 3.38. The zero-order valence-electron chi connectivity index (χ0n) is 15.9. The molecule has 0 atom stereocenters. The second-order valence-electron chi connectivity index (χ2n) is 7.25. The molecule has 6 nitrogen and oxygen atoms in total. The van der Waals surface area contributed by atoms with E-state index in [1.807, 2.05) is 22.9 Å². The number of rotatable bonds is 8. The van der Waals surface area contributed by atoms with Gasteiger partial charge in [0.05, 0.1) is 19.1 Å². The Bertz CT molecular complexity index is 654. The topological polar surface area (TPSA) is 63.3 Å². The maximum Gasteiger partial charge on any atom is 0.246 e. The molecule has 26 heavy (non-hydrogen) atoms. The molecule has 1 aliphatic heterocycles. The lowest BCUT2D eigenvalue weighted by atomic mass is 9.85. The summed E-state index contributed by atoms with van der Waals surface area (Å²) in [7, 11) is 0. The maximum atomic E-state index is 13.1. The summed E-state index contributed by atoms with van der Waals surface area (Å²) in [5.41, 5.74) is -0.562. The first-order chi connectivity index (χ1) is 12.7. The number of piperidine rings is 1. The Morgan fingerprint density at radius 1 is 1.35 bits per heavy atom. The third-order valence-corrected chi connectivity index (χ3v) is 5.78. The van der Waals surface area contributed by atoms with Gasteiger partial charge in [-0.25, -0.2) is 4.98 Å². The van der Waals surface area contributed by atoms with Crippen molar-refractivity contribution in [3.05, 3.63) is 42.9 Å². The largest absolute Gasteiger partial charge is 0.467 e. The lowest BCUT2D eigenvalue weighted by Gasteiger charge is -2.42. The van der Waals surface area contributed by atoms with Gasteiger partial charge in [0.25, 0.3) is 0 Å². The molecule has 1 fully saturated rings. The van der Waals surface area contributed by atoms with Gasteiger partial charge in [-0.05, 0) is 30.9 Å². The van der Waals surface area contributed by atoms with Crippen molar-refractivity contribution in [3.63, 3.8) is 0 Å². The molecular formula is C20H30N4O2. The van der Waals surface area contributed by atoms with Gasteiger partial charge in [-0.1, -0.05) is 26.7 Å². The van der Waals surface area contributed by atoms with Crippen LogP contribution in [0.25, 0.3) is 0 Å². The molecule has 2 aromatic heterocycles. The number of amides is 1. The van der Waals surface area contributed by atoms with Gasteiger partial charge >= 0.3 is 0 Å². The van der Waals surface area contributed by atoms with E-state index in [1.54, 1.807) is 18.8 Å². The van der Waals surface area contributed by atoms with Gasteiger partial charge < -0.3 is 19.2 Å². The van der Waals surface area contributed by atoms with E-state index in [0.29, 0.717) is 6.54 Å². The molecule has 0 aliphatic carbocycles. The Kier molecular flexibility index (Phi) is 6.14. The van der Waals surface area contributed by atoms with E-state index in [1.165, 1.54) is 12.8 Å².